The van der Waals surface area contributed by atoms with Gasteiger partial charge in [-0.2, -0.15) is 0 Å². The second-order valence-corrected chi connectivity index (χ2v) is 4.98. The van der Waals surface area contributed by atoms with Gasteiger partial charge in [0.05, 0.1) is 11.7 Å². The van der Waals surface area contributed by atoms with Gasteiger partial charge in [0.25, 0.3) is 0 Å². The number of rotatable bonds is 9. The Morgan fingerprint density at radius 3 is 2.00 bits per heavy atom. The van der Waals surface area contributed by atoms with Crippen LogP contribution in [0.3, 0.4) is 0 Å². The molecule has 2 unspecified atom stereocenters. The lowest BCUT2D eigenvalue weighted by Gasteiger charge is -2.33. The summed E-state index contributed by atoms with van der Waals surface area (Å²) in [5.41, 5.74) is -0.875. The Balaban J connectivity index is 4.21. The standard InChI is InChI=1S/C14H30O2/c1-5-9-10-12(6-2)11-13(15)14(16,7-3)8-4/h12-13,15-16H,5-11H2,1-4H3. The molecular formula is C14H30O2. The van der Waals surface area contributed by atoms with E-state index in [4.69, 9.17) is 0 Å². The van der Waals surface area contributed by atoms with Gasteiger partial charge < -0.3 is 10.2 Å². The van der Waals surface area contributed by atoms with Crippen LogP contribution in [0.25, 0.3) is 0 Å². The first-order chi connectivity index (χ1) is 7.53. The van der Waals surface area contributed by atoms with Gasteiger partial charge in [0.2, 0.25) is 0 Å². The monoisotopic (exact) mass is 230 g/mol. The zero-order valence-electron chi connectivity index (χ0n) is 11.5. The number of hydrogen-bond donors (Lipinski definition) is 2. The molecule has 0 rings (SSSR count). The summed E-state index contributed by atoms with van der Waals surface area (Å²) in [6, 6.07) is 0. The highest BCUT2D eigenvalue weighted by Gasteiger charge is 2.32. The van der Waals surface area contributed by atoms with Crippen molar-refractivity contribution in [1.29, 1.82) is 0 Å². The second-order valence-electron chi connectivity index (χ2n) is 4.98. The van der Waals surface area contributed by atoms with Crippen LogP contribution in [-0.2, 0) is 0 Å². The first kappa shape index (κ1) is 15.9. The van der Waals surface area contributed by atoms with E-state index >= 15 is 0 Å². The maximum atomic E-state index is 10.2. The molecule has 0 aliphatic rings. The third-order valence-corrected chi connectivity index (χ3v) is 3.94. The second kappa shape index (κ2) is 8.08. The quantitative estimate of drug-likeness (QED) is 0.636. The van der Waals surface area contributed by atoms with Crippen LogP contribution in [0, 0.1) is 5.92 Å². The molecule has 2 nitrogen and oxygen atoms in total. The average Bonchev–Trinajstić information content (AvgIpc) is 2.32. The van der Waals surface area contributed by atoms with Crippen molar-refractivity contribution in [2.24, 2.45) is 5.92 Å². The van der Waals surface area contributed by atoms with E-state index in [1.54, 1.807) is 0 Å². The van der Waals surface area contributed by atoms with Crippen LogP contribution in [0.2, 0.25) is 0 Å². The van der Waals surface area contributed by atoms with Crippen LogP contribution in [-0.4, -0.2) is 21.9 Å². The van der Waals surface area contributed by atoms with Gasteiger partial charge in [0.15, 0.2) is 0 Å². The minimum absolute atomic E-state index is 0.555. The molecule has 0 heterocycles. The van der Waals surface area contributed by atoms with Gasteiger partial charge in [-0.1, -0.05) is 53.4 Å². The molecule has 0 aliphatic heterocycles. The zero-order chi connectivity index (χ0) is 12.6. The summed E-state index contributed by atoms with van der Waals surface area (Å²) in [7, 11) is 0. The van der Waals surface area contributed by atoms with E-state index in [1.165, 1.54) is 19.3 Å². The van der Waals surface area contributed by atoms with Crippen LogP contribution in [0.15, 0.2) is 0 Å². The van der Waals surface area contributed by atoms with Crippen molar-refractivity contribution in [3.8, 4) is 0 Å². The predicted molar refractivity (Wildman–Crippen MR) is 69.5 cm³/mol. The summed E-state index contributed by atoms with van der Waals surface area (Å²) in [4.78, 5) is 0. The maximum absolute atomic E-state index is 10.2. The van der Waals surface area contributed by atoms with Gasteiger partial charge in [-0.05, 0) is 25.2 Å². The fourth-order valence-electron chi connectivity index (χ4n) is 2.24. The van der Waals surface area contributed by atoms with Crippen molar-refractivity contribution < 1.29 is 10.2 Å². The lowest BCUT2D eigenvalue weighted by atomic mass is 9.83. The molecule has 16 heavy (non-hydrogen) atoms. The Morgan fingerprint density at radius 1 is 1.06 bits per heavy atom. The fourth-order valence-corrected chi connectivity index (χ4v) is 2.24. The van der Waals surface area contributed by atoms with E-state index in [0.717, 1.165) is 12.8 Å². The molecular weight excluding hydrogens is 200 g/mol. The Bertz CT molecular complexity index is 164. The van der Waals surface area contributed by atoms with E-state index in [1.807, 2.05) is 13.8 Å². The lowest BCUT2D eigenvalue weighted by molar-refractivity contribution is -0.0891. The number of aliphatic hydroxyl groups is 2. The van der Waals surface area contributed by atoms with Crippen molar-refractivity contribution in [1.82, 2.24) is 0 Å². The van der Waals surface area contributed by atoms with E-state index in [9.17, 15) is 10.2 Å². The Kier molecular flexibility index (Phi) is 8.04. The zero-order valence-corrected chi connectivity index (χ0v) is 11.5. The molecule has 0 saturated heterocycles. The molecule has 0 saturated carbocycles. The third kappa shape index (κ3) is 4.84. The van der Waals surface area contributed by atoms with Crippen molar-refractivity contribution in [2.75, 3.05) is 0 Å². The Labute approximate surface area is 101 Å². The van der Waals surface area contributed by atoms with Gasteiger partial charge >= 0.3 is 0 Å². The van der Waals surface area contributed by atoms with E-state index in [2.05, 4.69) is 13.8 Å². The molecule has 0 amide bonds. The van der Waals surface area contributed by atoms with E-state index in [-0.39, 0.29) is 0 Å². The molecule has 0 aromatic heterocycles. The fraction of sp³-hybridized carbons (Fsp3) is 1.00. The summed E-state index contributed by atoms with van der Waals surface area (Å²) in [6.07, 6.45) is 6.15. The lowest BCUT2D eigenvalue weighted by Crippen LogP contribution is -2.42. The number of aliphatic hydroxyl groups excluding tert-OH is 1. The molecule has 98 valence electrons. The van der Waals surface area contributed by atoms with Crippen LogP contribution < -0.4 is 0 Å². The molecule has 2 N–H and O–H groups in total. The summed E-state index contributed by atoms with van der Waals surface area (Å²) in [5.74, 6) is 0.555. The van der Waals surface area contributed by atoms with Gasteiger partial charge in [-0.3, -0.25) is 0 Å². The molecule has 0 radical (unpaired) electrons. The van der Waals surface area contributed by atoms with Crippen LogP contribution in [0.5, 0.6) is 0 Å². The highest BCUT2D eigenvalue weighted by molar-refractivity contribution is 4.85. The summed E-state index contributed by atoms with van der Waals surface area (Å²) < 4.78 is 0. The molecule has 0 fully saturated rings. The van der Waals surface area contributed by atoms with Crippen molar-refractivity contribution >= 4 is 0 Å². The Morgan fingerprint density at radius 2 is 1.62 bits per heavy atom. The van der Waals surface area contributed by atoms with Crippen LogP contribution >= 0.6 is 0 Å². The Hall–Kier alpha value is -0.0800. The molecule has 0 aromatic rings. The SMILES string of the molecule is CCCCC(CC)CC(O)C(O)(CC)CC. The van der Waals surface area contributed by atoms with E-state index in [0.29, 0.717) is 18.8 Å². The highest BCUT2D eigenvalue weighted by Crippen LogP contribution is 2.27. The van der Waals surface area contributed by atoms with E-state index < -0.39 is 11.7 Å². The van der Waals surface area contributed by atoms with Gasteiger partial charge in [-0.15, -0.1) is 0 Å². The molecule has 2 heteroatoms. The van der Waals surface area contributed by atoms with Gasteiger partial charge in [-0.25, -0.2) is 0 Å². The molecule has 0 aliphatic carbocycles. The van der Waals surface area contributed by atoms with Gasteiger partial charge in [0, 0.05) is 0 Å². The van der Waals surface area contributed by atoms with Crippen LogP contribution in [0.1, 0.15) is 72.6 Å². The number of unbranched alkanes of at least 4 members (excludes halogenated alkanes) is 1. The average molecular weight is 230 g/mol. The summed E-state index contributed by atoms with van der Waals surface area (Å²) >= 11 is 0. The summed E-state index contributed by atoms with van der Waals surface area (Å²) in [6.45, 7) is 8.25. The minimum atomic E-state index is -0.875. The number of hydrogen-bond acceptors (Lipinski definition) is 2. The molecule has 0 aromatic carbocycles. The summed E-state index contributed by atoms with van der Waals surface area (Å²) in [5, 5.41) is 20.3. The molecule has 0 spiro atoms. The normalized spacial score (nSPS) is 16.1. The molecule has 0 bridgehead atoms. The van der Waals surface area contributed by atoms with Crippen molar-refractivity contribution in [3.05, 3.63) is 0 Å². The molecule has 2 atom stereocenters. The first-order valence-electron chi connectivity index (χ1n) is 6.94. The largest absolute Gasteiger partial charge is 0.390 e. The topological polar surface area (TPSA) is 40.5 Å². The van der Waals surface area contributed by atoms with Crippen molar-refractivity contribution in [3.63, 3.8) is 0 Å². The highest BCUT2D eigenvalue weighted by atomic mass is 16.3. The minimum Gasteiger partial charge on any atom is -0.390 e. The third-order valence-electron chi connectivity index (χ3n) is 3.94. The van der Waals surface area contributed by atoms with Crippen molar-refractivity contribution in [2.45, 2.75) is 84.3 Å². The van der Waals surface area contributed by atoms with Crippen LogP contribution in [0.4, 0.5) is 0 Å². The first-order valence-corrected chi connectivity index (χ1v) is 6.94. The smallest absolute Gasteiger partial charge is 0.0900 e. The predicted octanol–water partition coefficient (Wildman–Crippen LogP) is 3.50. The maximum Gasteiger partial charge on any atom is 0.0900 e. The van der Waals surface area contributed by atoms with Gasteiger partial charge in [0.1, 0.15) is 0 Å².